The maximum absolute atomic E-state index is 10.1. The van der Waals surface area contributed by atoms with Crippen LogP contribution < -0.4 is 0 Å². The zero-order chi connectivity index (χ0) is 13.7. The van der Waals surface area contributed by atoms with Gasteiger partial charge in [0.2, 0.25) is 0 Å². The van der Waals surface area contributed by atoms with E-state index in [1.165, 1.54) is 0 Å². The molecule has 0 aromatic heterocycles. The number of halogens is 5. The minimum atomic E-state index is -0.252. The van der Waals surface area contributed by atoms with Crippen molar-refractivity contribution in [1.82, 2.24) is 0 Å². The quantitative estimate of drug-likeness (QED) is 0.376. The van der Waals surface area contributed by atoms with Gasteiger partial charge in [0.05, 0.1) is 6.10 Å². The average molecular weight is 579 g/mol. The summed E-state index contributed by atoms with van der Waals surface area (Å²) in [5.41, 5.74) is 0. The second-order valence-corrected chi connectivity index (χ2v) is 10.8. The molecule has 0 amide bonds. The van der Waals surface area contributed by atoms with Crippen LogP contribution in [0.3, 0.4) is 0 Å². The molecule has 18 heavy (non-hydrogen) atoms. The molecule has 1 nitrogen and oxygen atoms in total. The Morgan fingerprint density at radius 1 is 0.500 bits per heavy atom. The molecule has 0 aromatic rings. The fraction of sp³-hybridized carbons (Fsp3) is 1.00. The molecule has 0 saturated heterocycles. The first kappa shape index (κ1) is 18.4. The Hall–Kier alpha value is 2.36. The Kier molecular flexibility index (Phi) is 9.61. The molecule has 6 heteroatoms. The summed E-state index contributed by atoms with van der Waals surface area (Å²) in [5, 5.41) is 10.1. The van der Waals surface area contributed by atoms with E-state index in [9.17, 15) is 5.11 Å². The maximum Gasteiger partial charge on any atom is 0.0665 e. The van der Waals surface area contributed by atoms with Crippen LogP contribution >= 0.6 is 79.6 Å². The number of rotatable bonds is 0. The molecule has 1 saturated carbocycles. The summed E-state index contributed by atoms with van der Waals surface area (Å²) in [6.07, 6.45) is 5.98. The van der Waals surface area contributed by atoms with Gasteiger partial charge in [-0.2, -0.15) is 0 Å². The number of hydrogen-bond donors (Lipinski definition) is 1. The van der Waals surface area contributed by atoms with Gasteiger partial charge in [0, 0.05) is 24.1 Å². The summed E-state index contributed by atoms with van der Waals surface area (Å²) in [5.74, 6) is 0. The Morgan fingerprint density at radius 3 is 1.17 bits per heavy atom. The topological polar surface area (TPSA) is 20.2 Å². The van der Waals surface area contributed by atoms with Gasteiger partial charge < -0.3 is 5.11 Å². The molecule has 1 rings (SSSR count). The Morgan fingerprint density at radius 2 is 0.778 bits per heavy atom. The van der Waals surface area contributed by atoms with E-state index in [1.807, 2.05) is 0 Å². The Bertz CT molecular complexity index is 178. The molecule has 0 spiro atoms. The third-order valence-electron chi connectivity index (χ3n) is 3.38. The summed E-state index contributed by atoms with van der Waals surface area (Å²) < 4.78 is 0. The van der Waals surface area contributed by atoms with Crippen molar-refractivity contribution in [2.75, 3.05) is 0 Å². The van der Waals surface area contributed by atoms with Crippen LogP contribution in [-0.4, -0.2) is 35.3 Å². The first-order valence-corrected chi connectivity index (χ1v) is 10.9. The van der Waals surface area contributed by atoms with Crippen LogP contribution in [0.1, 0.15) is 38.5 Å². The van der Waals surface area contributed by atoms with E-state index in [-0.39, 0.29) is 10.9 Å². The van der Waals surface area contributed by atoms with Crippen LogP contribution in [0.4, 0.5) is 0 Å². The molecule has 108 valence electrons. The Labute approximate surface area is 152 Å². The summed E-state index contributed by atoms with van der Waals surface area (Å²) in [7, 11) is 0. The number of aliphatic hydroxyl groups is 1. The van der Waals surface area contributed by atoms with E-state index < -0.39 is 0 Å². The van der Waals surface area contributed by atoms with Crippen molar-refractivity contribution in [3.8, 4) is 0 Å². The smallest absolute Gasteiger partial charge is 0.0665 e. The lowest BCUT2D eigenvalue weighted by Crippen LogP contribution is -2.27. The van der Waals surface area contributed by atoms with Crippen molar-refractivity contribution < 1.29 is 5.11 Å². The van der Waals surface area contributed by atoms with Crippen LogP contribution in [-0.2, 0) is 0 Å². The molecule has 0 heterocycles. The predicted octanol–water partition coefficient (Wildman–Crippen LogP) is 5.52. The van der Waals surface area contributed by atoms with Gasteiger partial charge in [0.15, 0.2) is 0 Å². The third kappa shape index (κ3) is 6.42. The molecule has 0 aromatic carbocycles. The highest BCUT2D eigenvalue weighted by molar-refractivity contribution is 9.12. The molecule has 1 unspecified atom stereocenters. The van der Waals surface area contributed by atoms with E-state index in [2.05, 4.69) is 79.6 Å². The fourth-order valence-electron chi connectivity index (χ4n) is 2.06. The summed E-state index contributed by atoms with van der Waals surface area (Å²) in [6, 6.07) is 0. The van der Waals surface area contributed by atoms with Crippen molar-refractivity contribution in [1.29, 1.82) is 0 Å². The van der Waals surface area contributed by atoms with Crippen molar-refractivity contribution in [3.63, 3.8) is 0 Å². The molecule has 1 aliphatic carbocycles. The van der Waals surface area contributed by atoms with Crippen molar-refractivity contribution in [2.45, 2.75) is 68.8 Å². The van der Waals surface area contributed by atoms with Crippen LogP contribution in [0, 0.1) is 0 Å². The second-order valence-electron chi connectivity index (χ2n) is 4.88. The van der Waals surface area contributed by atoms with Crippen molar-refractivity contribution in [3.05, 3.63) is 0 Å². The first-order valence-electron chi connectivity index (χ1n) is 6.30. The van der Waals surface area contributed by atoms with Gasteiger partial charge in [-0.15, -0.1) is 0 Å². The molecule has 6 atom stereocenters. The lowest BCUT2D eigenvalue weighted by molar-refractivity contribution is 0.156. The molecular formula is C12H19Br5O. The van der Waals surface area contributed by atoms with E-state index in [4.69, 9.17) is 0 Å². The maximum atomic E-state index is 10.1. The molecule has 0 radical (unpaired) electrons. The van der Waals surface area contributed by atoms with E-state index >= 15 is 0 Å². The standard InChI is InChI=1S/C12H19Br5O/c13-7-1-2-8(14)10(16)5-6-12(18)11(17)4-3-9(7)15/h7-12,18H,1-6H2/t7-,8-,9+,10+,11+,12?/m1/s1. The first-order chi connectivity index (χ1) is 8.41. The monoisotopic (exact) mass is 574 g/mol. The number of aliphatic hydroxyl groups excluding tert-OH is 1. The number of alkyl halides is 5. The molecule has 1 fully saturated rings. The number of hydrogen-bond acceptors (Lipinski definition) is 1. The summed E-state index contributed by atoms with van der Waals surface area (Å²) >= 11 is 18.6. The lowest BCUT2D eigenvalue weighted by atomic mass is 9.99. The molecule has 0 bridgehead atoms. The molecule has 1 aliphatic rings. The Balaban J connectivity index is 2.61. The van der Waals surface area contributed by atoms with Crippen LogP contribution in [0.5, 0.6) is 0 Å². The molecule has 0 aliphatic heterocycles. The minimum Gasteiger partial charge on any atom is -0.392 e. The van der Waals surface area contributed by atoms with Gasteiger partial charge in [-0.05, 0) is 38.5 Å². The van der Waals surface area contributed by atoms with Gasteiger partial charge >= 0.3 is 0 Å². The highest BCUT2D eigenvalue weighted by Crippen LogP contribution is 2.32. The highest BCUT2D eigenvalue weighted by Gasteiger charge is 2.25. The van der Waals surface area contributed by atoms with E-state index in [0.29, 0.717) is 19.3 Å². The predicted molar refractivity (Wildman–Crippen MR) is 97.3 cm³/mol. The normalized spacial score (nSPS) is 45.0. The second kappa shape index (κ2) is 9.39. The lowest BCUT2D eigenvalue weighted by Gasteiger charge is -2.26. The zero-order valence-corrected chi connectivity index (χ0v) is 18.0. The van der Waals surface area contributed by atoms with Crippen molar-refractivity contribution in [2.24, 2.45) is 0 Å². The van der Waals surface area contributed by atoms with Crippen LogP contribution in [0.25, 0.3) is 0 Å². The van der Waals surface area contributed by atoms with E-state index in [0.717, 1.165) is 38.5 Å². The summed E-state index contributed by atoms with van der Waals surface area (Å²) in [6.45, 7) is 0. The van der Waals surface area contributed by atoms with Gasteiger partial charge in [-0.3, -0.25) is 0 Å². The molecule has 1 N–H and O–H groups in total. The average Bonchev–Trinajstić information content (AvgIpc) is 2.36. The summed E-state index contributed by atoms with van der Waals surface area (Å²) in [4.78, 5) is 2.06. The van der Waals surface area contributed by atoms with Crippen LogP contribution in [0.15, 0.2) is 0 Å². The van der Waals surface area contributed by atoms with E-state index in [1.54, 1.807) is 0 Å². The fourth-order valence-corrected chi connectivity index (χ4v) is 4.71. The van der Waals surface area contributed by atoms with Gasteiger partial charge in [0.1, 0.15) is 0 Å². The molecular weight excluding hydrogens is 560 g/mol. The SMILES string of the molecule is OC1CC[C@H](Br)[C@H](Br)CC[C@@H](Br)[C@@H](Br)CC[C@@H]1Br. The van der Waals surface area contributed by atoms with Gasteiger partial charge in [-0.25, -0.2) is 0 Å². The minimum absolute atomic E-state index is 0.199. The van der Waals surface area contributed by atoms with Gasteiger partial charge in [0.25, 0.3) is 0 Å². The van der Waals surface area contributed by atoms with Crippen LogP contribution in [0.2, 0.25) is 0 Å². The highest BCUT2D eigenvalue weighted by atomic mass is 79.9. The third-order valence-corrected chi connectivity index (χ3v) is 10.2. The largest absolute Gasteiger partial charge is 0.392 e. The van der Waals surface area contributed by atoms with Gasteiger partial charge in [-0.1, -0.05) is 79.6 Å². The zero-order valence-electron chi connectivity index (χ0n) is 10.0. The van der Waals surface area contributed by atoms with Crippen molar-refractivity contribution >= 4 is 79.6 Å².